The number of nitrogens with one attached hydrogen (secondary N) is 2. The highest BCUT2D eigenvalue weighted by Crippen LogP contribution is 2.35. The van der Waals surface area contributed by atoms with Crippen molar-refractivity contribution < 1.29 is 13.6 Å². The predicted octanol–water partition coefficient (Wildman–Crippen LogP) is 2.10. The number of benzene rings is 1. The second-order valence-electron chi connectivity index (χ2n) is 6.08. The number of hydrogen-bond acceptors (Lipinski definition) is 4. The second kappa shape index (κ2) is 5.79. The zero-order valence-corrected chi connectivity index (χ0v) is 12.5. The largest absolute Gasteiger partial charge is 0.459 e. The van der Waals surface area contributed by atoms with Gasteiger partial charge in [-0.25, -0.2) is 9.82 Å². The highest BCUT2D eigenvalue weighted by atomic mass is 19.1. The molecule has 2 aliphatic heterocycles. The standard InChI is InChI=1S/C17H18FN3O2/c18-13-5-2-1-4-11(13)16-12-10-21(8-7-14(12)19-20-16)17(22)15-6-3-9-23-15/h1-6,9,12,14,16,19-20H,7-8,10H2. The number of carbonyl (C=O) groups excluding carboxylic acids is 1. The summed E-state index contributed by atoms with van der Waals surface area (Å²) in [4.78, 5) is 14.3. The highest BCUT2D eigenvalue weighted by molar-refractivity contribution is 5.91. The molecule has 0 aliphatic carbocycles. The topological polar surface area (TPSA) is 57.5 Å². The van der Waals surface area contributed by atoms with E-state index in [1.165, 1.54) is 12.3 Å². The first-order valence-corrected chi connectivity index (χ1v) is 7.82. The first-order valence-electron chi connectivity index (χ1n) is 7.82. The third-order valence-electron chi connectivity index (χ3n) is 4.77. The van der Waals surface area contributed by atoms with Crippen LogP contribution in [0.15, 0.2) is 47.1 Å². The Labute approximate surface area is 133 Å². The van der Waals surface area contributed by atoms with Crippen LogP contribution in [0.1, 0.15) is 28.6 Å². The van der Waals surface area contributed by atoms with E-state index in [1.54, 1.807) is 29.2 Å². The number of rotatable bonds is 2. The Morgan fingerprint density at radius 3 is 2.87 bits per heavy atom. The molecule has 23 heavy (non-hydrogen) atoms. The molecule has 6 heteroatoms. The first-order chi connectivity index (χ1) is 11.2. The maximum absolute atomic E-state index is 14.1. The Kier molecular flexibility index (Phi) is 3.63. The number of hydrazine groups is 1. The number of halogens is 1. The third-order valence-corrected chi connectivity index (χ3v) is 4.77. The van der Waals surface area contributed by atoms with Crippen molar-refractivity contribution in [1.29, 1.82) is 0 Å². The van der Waals surface area contributed by atoms with Crippen molar-refractivity contribution in [3.63, 3.8) is 0 Å². The maximum Gasteiger partial charge on any atom is 0.289 e. The molecule has 3 unspecified atom stereocenters. The molecule has 3 heterocycles. The molecule has 2 aliphatic rings. The van der Waals surface area contributed by atoms with Gasteiger partial charge in [0.05, 0.1) is 12.3 Å². The van der Waals surface area contributed by atoms with E-state index in [1.807, 2.05) is 6.07 Å². The molecule has 120 valence electrons. The highest BCUT2D eigenvalue weighted by Gasteiger charge is 2.42. The van der Waals surface area contributed by atoms with Crippen molar-refractivity contribution in [3.05, 3.63) is 59.8 Å². The van der Waals surface area contributed by atoms with Crippen LogP contribution in [-0.2, 0) is 0 Å². The molecule has 3 atom stereocenters. The van der Waals surface area contributed by atoms with Gasteiger partial charge in [-0.3, -0.25) is 10.2 Å². The van der Waals surface area contributed by atoms with Gasteiger partial charge < -0.3 is 9.32 Å². The van der Waals surface area contributed by atoms with E-state index >= 15 is 0 Å². The molecule has 1 amide bonds. The zero-order chi connectivity index (χ0) is 15.8. The van der Waals surface area contributed by atoms with Crippen LogP contribution >= 0.6 is 0 Å². The Bertz CT molecular complexity index is 704. The number of piperidine rings is 1. The summed E-state index contributed by atoms with van der Waals surface area (Å²) in [5, 5.41) is 0. The fourth-order valence-electron chi connectivity index (χ4n) is 3.58. The van der Waals surface area contributed by atoms with Crippen molar-refractivity contribution in [2.75, 3.05) is 13.1 Å². The number of likely N-dealkylation sites (tertiary alicyclic amines) is 1. The van der Waals surface area contributed by atoms with Gasteiger partial charge in [0, 0.05) is 30.6 Å². The van der Waals surface area contributed by atoms with Gasteiger partial charge in [-0.15, -0.1) is 0 Å². The Hall–Kier alpha value is -2.18. The lowest BCUT2D eigenvalue weighted by atomic mass is 9.85. The lowest BCUT2D eigenvalue weighted by molar-refractivity contribution is 0.0620. The quantitative estimate of drug-likeness (QED) is 0.891. The molecule has 5 nitrogen and oxygen atoms in total. The summed E-state index contributed by atoms with van der Waals surface area (Å²) in [5.41, 5.74) is 7.09. The smallest absolute Gasteiger partial charge is 0.289 e. The third kappa shape index (κ3) is 2.54. The first kappa shape index (κ1) is 14.4. The van der Waals surface area contributed by atoms with Gasteiger partial charge in [-0.1, -0.05) is 18.2 Å². The molecule has 2 saturated heterocycles. The van der Waals surface area contributed by atoms with Gasteiger partial charge in [0.25, 0.3) is 5.91 Å². The summed E-state index contributed by atoms with van der Waals surface area (Å²) < 4.78 is 19.3. The lowest BCUT2D eigenvalue weighted by Crippen LogP contribution is -2.47. The van der Waals surface area contributed by atoms with Crippen LogP contribution in [0, 0.1) is 11.7 Å². The van der Waals surface area contributed by atoms with Gasteiger partial charge in [-0.05, 0) is 24.6 Å². The minimum absolute atomic E-state index is 0.104. The van der Waals surface area contributed by atoms with Crippen molar-refractivity contribution in [2.24, 2.45) is 5.92 Å². The molecule has 1 aromatic heterocycles. The van der Waals surface area contributed by atoms with E-state index in [0.717, 1.165) is 6.42 Å². The molecule has 1 aromatic carbocycles. The molecule has 2 N–H and O–H groups in total. The summed E-state index contributed by atoms with van der Waals surface area (Å²) in [5.74, 6) is 0.152. The molecule has 4 rings (SSSR count). The summed E-state index contributed by atoms with van der Waals surface area (Å²) in [6.45, 7) is 1.24. The number of hydrogen-bond donors (Lipinski definition) is 2. The van der Waals surface area contributed by atoms with Crippen molar-refractivity contribution in [1.82, 2.24) is 15.8 Å². The second-order valence-corrected chi connectivity index (χ2v) is 6.08. The van der Waals surface area contributed by atoms with Gasteiger partial charge in [-0.2, -0.15) is 0 Å². The van der Waals surface area contributed by atoms with Gasteiger partial charge in [0.1, 0.15) is 5.82 Å². The van der Waals surface area contributed by atoms with Crippen LogP contribution < -0.4 is 10.9 Å². The number of amides is 1. The van der Waals surface area contributed by atoms with E-state index in [9.17, 15) is 9.18 Å². The molecule has 2 aromatic rings. The molecular weight excluding hydrogens is 297 g/mol. The van der Waals surface area contributed by atoms with E-state index in [4.69, 9.17) is 4.42 Å². The lowest BCUT2D eigenvalue weighted by Gasteiger charge is -2.35. The summed E-state index contributed by atoms with van der Waals surface area (Å²) >= 11 is 0. The monoisotopic (exact) mass is 315 g/mol. The van der Waals surface area contributed by atoms with E-state index in [0.29, 0.717) is 24.4 Å². The van der Waals surface area contributed by atoms with Crippen LogP contribution in [0.2, 0.25) is 0 Å². The van der Waals surface area contributed by atoms with Gasteiger partial charge >= 0.3 is 0 Å². The van der Waals surface area contributed by atoms with Crippen LogP contribution in [0.5, 0.6) is 0 Å². The molecule has 0 bridgehead atoms. The van der Waals surface area contributed by atoms with Crippen LogP contribution in [-0.4, -0.2) is 29.9 Å². The predicted molar refractivity (Wildman–Crippen MR) is 81.9 cm³/mol. The molecule has 2 fully saturated rings. The van der Waals surface area contributed by atoms with Gasteiger partial charge in [0.2, 0.25) is 0 Å². The van der Waals surface area contributed by atoms with E-state index < -0.39 is 0 Å². The molecule has 0 spiro atoms. The van der Waals surface area contributed by atoms with Crippen LogP contribution in [0.25, 0.3) is 0 Å². The number of nitrogens with zero attached hydrogens (tertiary/aromatic N) is 1. The number of fused-ring (bicyclic) bond motifs is 1. The Balaban J connectivity index is 1.56. The number of carbonyl (C=O) groups is 1. The molecule has 0 saturated carbocycles. The summed E-state index contributed by atoms with van der Waals surface area (Å²) in [6.07, 6.45) is 2.33. The van der Waals surface area contributed by atoms with E-state index in [-0.39, 0.29) is 29.7 Å². The SMILES string of the molecule is O=C(c1ccco1)N1CCC2NNC(c3ccccc3F)C2C1. The van der Waals surface area contributed by atoms with Crippen LogP contribution in [0.3, 0.4) is 0 Å². The van der Waals surface area contributed by atoms with Crippen molar-refractivity contribution in [3.8, 4) is 0 Å². The minimum atomic E-state index is -0.220. The normalized spacial score (nSPS) is 27.0. The Morgan fingerprint density at radius 1 is 1.22 bits per heavy atom. The molecular formula is C17H18FN3O2. The van der Waals surface area contributed by atoms with E-state index in [2.05, 4.69) is 10.9 Å². The summed E-state index contributed by atoms with van der Waals surface area (Å²) in [7, 11) is 0. The average molecular weight is 315 g/mol. The van der Waals surface area contributed by atoms with Crippen molar-refractivity contribution in [2.45, 2.75) is 18.5 Å². The minimum Gasteiger partial charge on any atom is -0.459 e. The maximum atomic E-state index is 14.1. The fraction of sp³-hybridized carbons (Fsp3) is 0.353. The Morgan fingerprint density at radius 2 is 2.09 bits per heavy atom. The zero-order valence-electron chi connectivity index (χ0n) is 12.5. The van der Waals surface area contributed by atoms with Crippen LogP contribution in [0.4, 0.5) is 4.39 Å². The van der Waals surface area contributed by atoms with Gasteiger partial charge in [0.15, 0.2) is 5.76 Å². The summed E-state index contributed by atoms with van der Waals surface area (Å²) in [6, 6.07) is 10.3. The fourth-order valence-corrected chi connectivity index (χ4v) is 3.58. The van der Waals surface area contributed by atoms with Crippen molar-refractivity contribution >= 4 is 5.91 Å². The average Bonchev–Trinajstić information content (AvgIpc) is 3.24. The molecule has 0 radical (unpaired) electrons. The number of furan rings is 1.